The number of hydrogen-bond acceptors (Lipinski definition) is 5. The van der Waals surface area contributed by atoms with Crippen LogP contribution in [0.25, 0.3) is 0 Å². The summed E-state index contributed by atoms with van der Waals surface area (Å²) in [6.45, 7) is 1.90. The Morgan fingerprint density at radius 2 is 1.63 bits per heavy atom. The molecule has 98 valence electrons. The molecule has 0 aliphatic carbocycles. The maximum Gasteiger partial charge on any atom is 0.146 e. The molecule has 0 bridgehead atoms. The maximum absolute atomic E-state index is 5.86. The topological polar surface area (TPSA) is 86.0 Å². The van der Waals surface area contributed by atoms with E-state index in [1.54, 1.807) is 13.2 Å². The number of ether oxygens (including phenoxy) is 1. The summed E-state index contributed by atoms with van der Waals surface area (Å²) in [6, 6.07) is 10.9. The minimum Gasteiger partial charge on any atom is -0.494 e. The molecule has 0 amide bonds. The van der Waals surface area contributed by atoms with Crippen molar-refractivity contribution in [1.82, 2.24) is 0 Å². The number of anilines is 2. The zero-order valence-corrected chi connectivity index (χ0v) is 10.9. The molecule has 5 nitrogen and oxygen atoms in total. The smallest absolute Gasteiger partial charge is 0.146 e. The number of aryl methyl sites for hydroxylation is 1. The maximum atomic E-state index is 5.86. The van der Waals surface area contributed by atoms with Crippen molar-refractivity contribution < 1.29 is 4.74 Å². The van der Waals surface area contributed by atoms with E-state index < -0.39 is 0 Å². The first-order valence-electron chi connectivity index (χ1n) is 5.82. The summed E-state index contributed by atoms with van der Waals surface area (Å²) in [4.78, 5) is 0. The van der Waals surface area contributed by atoms with Crippen molar-refractivity contribution in [2.75, 3.05) is 18.6 Å². The number of methoxy groups -OCH3 is 1. The van der Waals surface area contributed by atoms with Crippen LogP contribution in [-0.2, 0) is 0 Å². The van der Waals surface area contributed by atoms with E-state index >= 15 is 0 Å². The molecule has 2 aromatic carbocycles. The number of para-hydroxylation sites is 1. The number of benzene rings is 2. The zero-order chi connectivity index (χ0) is 13.8. The number of azo groups is 1. The van der Waals surface area contributed by atoms with Gasteiger partial charge in [-0.25, -0.2) is 0 Å². The molecule has 5 heteroatoms. The van der Waals surface area contributed by atoms with Crippen LogP contribution in [0, 0.1) is 6.92 Å². The highest BCUT2D eigenvalue weighted by molar-refractivity contribution is 5.70. The van der Waals surface area contributed by atoms with E-state index in [1.165, 1.54) is 0 Å². The molecule has 2 aromatic rings. The quantitative estimate of drug-likeness (QED) is 0.650. The standard InChI is InChI=1S/C14H16N4O/c1-9-7-13(11(16)8-10(9)15)18-17-12-5-3-4-6-14(12)19-2/h3-8H,15-16H2,1-2H3. The van der Waals surface area contributed by atoms with Crippen molar-refractivity contribution in [3.05, 3.63) is 42.0 Å². The first-order valence-corrected chi connectivity index (χ1v) is 5.82. The summed E-state index contributed by atoms with van der Waals surface area (Å²) in [7, 11) is 1.59. The second-order valence-corrected chi connectivity index (χ2v) is 4.14. The summed E-state index contributed by atoms with van der Waals surface area (Å²) in [5.41, 5.74) is 14.9. The fourth-order valence-corrected chi connectivity index (χ4v) is 1.63. The predicted octanol–water partition coefficient (Wildman–Crippen LogP) is 3.58. The fourth-order valence-electron chi connectivity index (χ4n) is 1.63. The average Bonchev–Trinajstić information content (AvgIpc) is 2.41. The molecule has 0 heterocycles. The van der Waals surface area contributed by atoms with E-state index in [4.69, 9.17) is 16.2 Å². The average molecular weight is 256 g/mol. The van der Waals surface area contributed by atoms with Crippen LogP contribution in [0.3, 0.4) is 0 Å². The van der Waals surface area contributed by atoms with Crippen LogP contribution in [0.5, 0.6) is 5.75 Å². The van der Waals surface area contributed by atoms with Crippen molar-refractivity contribution in [3.8, 4) is 5.75 Å². The van der Waals surface area contributed by atoms with Crippen LogP contribution < -0.4 is 16.2 Å². The molecule has 0 atom stereocenters. The third-order valence-corrected chi connectivity index (χ3v) is 2.77. The third kappa shape index (κ3) is 2.82. The second-order valence-electron chi connectivity index (χ2n) is 4.14. The molecule has 4 N–H and O–H groups in total. The van der Waals surface area contributed by atoms with Gasteiger partial charge in [-0.15, -0.1) is 10.2 Å². The lowest BCUT2D eigenvalue weighted by atomic mass is 10.1. The van der Waals surface area contributed by atoms with E-state index in [2.05, 4.69) is 10.2 Å². The largest absolute Gasteiger partial charge is 0.494 e. The molecule has 0 unspecified atom stereocenters. The summed E-state index contributed by atoms with van der Waals surface area (Å²) >= 11 is 0. The molecule has 0 radical (unpaired) electrons. The van der Waals surface area contributed by atoms with Gasteiger partial charge in [0.1, 0.15) is 17.1 Å². The Kier molecular flexibility index (Phi) is 3.66. The van der Waals surface area contributed by atoms with Gasteiger partial charge in [-0.3, -0.25) is 0 Å². The highest BCUT2D eigenvalue weighted by atomic mass is 16.5. The van der Waals surface area contributed by atoms with E-state index in [-0.39, 0.29) is 0 Å². The van der Waals surface area contributed by atoms with Gasteiger partial charge in [0.15, 0.2) is 0 Å². The molecule has 2 rings (SSSR count). The molecule has 0 aliphatic heterocycles. The van der Waals surface area contributed by atoms with Crippen LogP contribution in [-0.4, -0.2) is 7.11 Å². The van der Waals surface area contributed by atoms with Crippen LogP contribution >= 0.6 is 0 Å². The lowest BCUT2D eigenvalue weighted by Crippen LogP contribution is -1.93. The summed E-state index contributed by atoms with van der Waals surface area (Å²) in [5, 5.41) is 8.31. The molecule has 0 fully saturated rings. The van der Waals surface area contributed by atoms with Gasteiger partial charge in [-0.1, -0.05) is 12.1 Å². The van der Waals surface area contributed by atoms with Crippen molar-refractivity contribution >= 4 is 22.7 Å². The summed E-state index contributed by atoms with van der Waals surface area (Å²) < 4.78 is 5.20. The molecule has 0 saturated heterocycles. The number of rotatable bonds is 3. The summed E-state index contributed by atoms with van der Waals surface area (Å²) in [6.07, 6.45) is 0. The van der Waals surface area contributed by atoms with Crippen molar-refractivity contribution in [1.29, 1.82) is 0 Å². The predicted molar refractivity (Wildman–Crippen MR) is 77.2 cm³/mol. The monoisotopic (exact) mass is 256 g/mol. The number of nitrogens with two attached hydrogens (primary N) is 2. The molecule has 0 spiro atoms. The van der Waals surface area contributed by atoms with Crippen LogP contribution in [0.15, 0.2) is 46.6 Å². The first kappa shape index (κ1) is 12.9. The van der Waals surface area contributed by atoms with Gasteiger partial charge in [0.05, 0.1) is 12.8 Å². The van der Waals surface area contributed by atoms with Gasteiger partial charge in [0.2, 0.25) is 0 Å². The Morgan fingerprint density at radius 1 is 0.947 bits per heavy atom. The number of nitrogens with zero attached hydrogens (tertiary/aromatic N) is 2. The van der Waals surface area contributed by atoms with Gasteiger partial charge in [0, 0.05) is 5.69 Å². The minimum atomic E-state index is 0.502. The second kappa shape index (κ2) is 5.39. The van der Waals surface area contributed by atoms with Gasteiger partial charge in [-0.2, -0.15) is 0 Å². The van der Waals surface area contributed by atoms with Gasteiger partial charge in [0.25, 0.3) is 0 Å². The Hall–Kier alpha value is -2.56. The molecule has 0 aromatic heterocycles. The Bertz CT molecular complexity index is 623. The molecular formula is C14H16N4O. The van der Waals surface area contributed by atoms with E-state index in [9.17, 15) is 0 Å². The van der Waals surface area contributed by atoms with Crippen LogP contribution in [0.2, 0.25) is 0 Å². The Balaban J connectivity index is 2.35. The highest BCUT2D eigenvalue weighted by Crippen LogP contribution is 2.32. The molecule has 19 heavy (non-hydrogen) atoms. The number of nitrogen functional groups attached to an aromatic ring is 2. The Labute approximate surface area is 111 Å². The van der Waals surface area contributed by atoms with Crippen molar-refractivity contribution in [2.45, 2.75) is 6.92 Å². The highest BCUT2D eigenvalue weighted by Gasteiger charge is 2.03. The third-order valence-electron chi connectivity index (χ3n) is 2.77. The van der Waals surface area contributed by atoms with Crippen molar-refractivity contribution in [2.24, 2.45) is 10.2 Å². The van der Waals surface area contributed by atoms with Crippen LogP contribution in [0.1, 0.15) is 5.56 Å². The molecule has 0 saturated carbocycles. The summed E-state index contributed by atoms with van der Waals surface area (Å²) in [5.74, 6) is 0.664. The minimum absolute atomic E-state index is 0.502. The van der Waals surface area contributed by atoms with E-state index in [1.807, 2.05) is 37.3 Å². The normalized spacial score (nSPS) is 10.8. The lowest BCUT2D eigenvalue weighted by Gasteiger charge is -2.05. The fraction of sp³-hybridized carbons (Fsp3) is 0.143. The van der Waals surface area contributed by atoms with Crippen molar-refractivity contribution in [3.63, 3.8) is 0 Å². The number of hydrogen-bond donors (Lipinski definition) is 2. The van der Waals surface area contributed by atoms with Gasteiger partial charge >= 0.3 is 0 Å². The van der Waals surface area contributed by atoms with Gasteiger partial charge < -0.3 is 16.2 Å². The van der Waals surface area contributed by atoms with Crippen LogP contribution in [0.4, 0.5) is 22.7 Å². The molecule has 0 aliphatic rings. The SMILES string of the molecule is COc1ccccc1N=Nc1cc(C)c(N)cc1N. The first-order chi connectivity index (χ1) is 9.11. The Morgan fingerprint density at radius 3 is 2.37 bits per heavy atom. The lowest BCUT2D eigenvalue weighted by molar-refractivity contribution is 0.416. The van der Waals surface area contributed by atoms with Gasteiger partial charge in [-0.05, 0) is 36.8 Å². The molecular weight excluding hydrogens is 240 g/mol. The van der Waals surface area contributed by atoms with E-state index in [0.717, 1.165) is 5.56 Å². The van der Waals surface area contributed by atoms with E-state index in [0.29, 0.717) is 28.5 Å². The zero-order valence-electron chi connectivity index (χ0n) is 10.9.